The monoisotopic (exact) mass is 298 g/mol. The van der Waals surface area contributed by atoms with Gasteiger partial charge in [-0.25, -0.2) is 9.59 Å². The van der Waals surface area contributed by atoms with Gasteiger partial charge in [-0.2, -0.15) is 0 Å². The van der Waals surface area contributed by atoms with Crippen LogP contribution >= 0.6 is 0 Å². The number of nitrogens with two attached hydrogens (primary N) is 2. The van der Waals surface area contributed by atoms with E-state index < -0.39 is 11.9 Å². The standard InChI is InChI=1S/C16H14N2O4/c1-8(9-2-4-13(17)11(6-9)15(19)20)10-3-5-14(18)12(7-10)16(21)22/h2-7H,1,17-18H2,(H,19,20)(H,21,22). The molecule has 2 aromatic rings. The summed E-state index contributed by atoms with van der Waals surface area (Å²) in [6, 6.07) is 8.99. The third-order valence-electron chi connectivity index (χ3n) is 3.26. The number of rotatable bonds is 4. The Bertz CT molecular complexity index is 731. The topological polar surface area (TPSA) is 127 Å². The van der Waals surface area contributed by atoms with Crippen molar-refractivity contribution in [2.24, 2.45) is 0 Å². The van der Waals surface area contributed by atoms with E-state index in [2.05, 4.69) is 6.58 Å². The Morgan fingerprint density at radius 1 is 0.818 bits per heavy atom. The molecule has 0 aliphatic heterocycles. The molecule has 2 rings (SSSR count). The maximum Gasteiger partial charge on any atom is 0.337 e. The summed E-state index contributed by atoms with van der Waals surface area (Å²) >= 11 is 0. The molecular formula is C16H14N2O4. The first-order chi connectivity index (χ1) is 10.3. The lowest BCUT2D eigenvalue weighted by molar-refractivity contribution is 0.0687. The van der Waals surface area contributed by atoms with Crippen molar-refractivity contribution in [2.45, 2.75) is 0 Å². The first-order valence-electron chi connectivity index (χ1n) is 6.26. The van der Waals surface area contributed by atoms with E-state index in [1.54, 1.807) is 12.1 Å². The predicted molar refractivity (Wildman–Crippen MR) is 83.8 cm³/mol. The summed E-state index contributed by atoms with van der Waals surface area (Å²) in [7, 11) is 0. The van der Waals surface area contributed by atoms with Crippen LogP contribution in [-0.4, -0.2) is 22.2 Å². The molecule has 22 heavy (non-hydrogen) atoms. The third-order valence-corrected chi connectivity index (χ3v) is 3.26. The molecular weight excluding hydrogens is 284 g/mol. The molecule has 2 aromatic carbocycles. The molecule has 0 atom stereocenters. The molecule has 0 heterocycles. The number of carboxylic acids is 2. The summed E-state index contributed by atoms with van der Waals surface area (Å²) in [5, 5.41) is 18.2. The van der Waals surface area contributed by atoms with E-state index in [1.165, 1.54) is 24.3 Å². The highest BCUT2D eigenvalue weighted by Gasteiger charge is 2.13. The van der Waals surface area contributed by atoms with Crippen LogP contribution < -0.4 is 11.5 Å². The molecule has 0 aromatic heterocycles. The first kappa shape index (κ1) is 15.1. The molecule has 6 N–H and O–H groups in total. The number of carbonyl (C=O) groups is 2. The number of carboxylic acid groups (broad SMARTS) is 2. The second-order valence-corrected chi connectivity index (χ2v) is 4.69. The van der Waals surface area contributed by atoms with Gasteiger partial charge in [0.25, 0.3) is 0 Å². The van der Waals surface area contributed by atoms with Gasteiger partial charge in [0.2, 0.25) is 0 Å². The summed E-state index contributed by atoms with van der Waals surface area (Å²) in [4.78, 5) is 22.2. The van der Waals surface area contributed by atoms with E-state index in [-0.39, 0.29) is 22.5 Å². The molecule has 0 fully saturated rings. The quantitative estimate of drug-likeness (QED) is 0.641. The van der Waals surface area contributed by atoms with Crippen LogP contribution in [0.25, 0.3) is 5.57 Å². The number of hydrogen-bond donors (Lipinski definition) is 4. The summed E-state index contributed by atoms with van der Waals surface area (Å²) in [6.07, 6.45) is 0. The molecule has 6 heteroatoms. The van der Waals surface area contributed by atoms with E-state index in [1.807, 2.05) is 0 Å². The Morgan fingerprint density at radius 2 is 1.18 bits per heavy atom. The number of aromatic carboxylic acids is 2. The van der Waals surface area contributed by atoms with E-state index in [0.29, 0.717) is 16.7 Å². The van der Waals surface area contributed by atoms with Crippen molar-refractivity contribution >= 4 is 28.9 Å². The molecule has 0 aliphatic rings. The SMILES string of the molecule is C=C(c1ccc(N)c(C(=O)O)c1)c1ccc(N)c(C(=O)O)c1. The van der Waals surface area contributed by atoms with Gasteiger partial charge >= 0.3 is 11.9 Å². The van der Waals surface area contributed by atoms with Gasteiger partial charge in [0, 0.05) is 11.4 Å². The predicted octanol–water partition coefficient (Wildman–Crippen LogP) is 2.31. The Kier molecular flexibility index (Phi) is 3.85. The highest BCUT2D eigenvalue weighted by atomic mass is 16.4. The normalized spacial score (nSPS) is 10.2. The van der Waals surface area contributed by atoms with Crippen LogP contribution in [0.3, 0.4) is 0 Å². The molecule has 0 saturated carbocycles. The van der Waals surface area contributed by atoms with Gasteiger partial charge in [0.1, 0.15) is 0 Å². The maximum absolute atomic E-state index is 11.1. The fourth-order valence-electron chi connectivity index (χ4n) is 2.03. The van der Waals surface area contributed by atoms with Crippen molar-refractivity contribution in [3.05, 3.63) is 65.2 Å². The fraction of sp³-hybridized carbons (Fsp3) is 0. The second-order valence-electron chi connectivity index (χ2n) is 4.69. The van der Waals surface area contributed by atoms with Gasteiger partial charge in [-0.1, -0.05) is 18.7 Å². The summed E-state index contributed by atoms with van der Waals surface area (Å²) < 4.78 is 0. The van der Waals surface area contributed by atoms with Gasteiger partial charge in [-0.15, -0.1) is 0 Å². The number of nitrogen functional groups attached to an aromatic ring is 2. The smallest absolute Gasteiger partial charge is 0.337 e. The lowest BCUT2D eigenvalue weighted by Crippen LogP contribution is -2.04. The van der Waals surface area contributed by atoms with E-state index in [0.717, 1.165) is 0 Å². The van der Waals surface area contributed by atoms with Crippen LogP contribution in [0.4, 0.5) is 11.4 Å². The summed E-state index contributed by atoms with van der Waals surface area (Å²) in [5.41, 5.74) is 13.0. The molecule has 0 saturated heterocycles. The average Bonchev–Trinajstić information content (AvgIpc) is 2.47. The maximum atomic E-state index is 11.1. The van der Waals surface area contributed by atoms with Crippen LogP contribution in [0.15, 0.2) is 43.0 Å². The van der Waals surface area contributed by atoms with E-state index >= 15 is 0 Å². The van der Waals surface area contributed by atoms with Crippen LogP contribution in [0.1, 0.15) is 31.8 Å². The van der Waals surface area contributed by atoms with Gasteiger partial charge in [-0.05, 0) is 41.0 Å². The average molecular weight is 298 g/mol. The van der Waals surface area contributed by atoms with E-state index in [4.69, 9.17) is 21.7 Å². The lowest BCUT2D eigenvalue weighted by atomic mass is 9.95. The minimum atomic E-state index is -1.14. The van der Waals surface area contributed by atoms with Crippen molar-refractivity contribution in [2.75, 3.05) is 11.5 Å². The fourth-order valence-corrected chi connectivity index (χ4v) is 2.03. The van der Waals surface area contributed by atoms with Crippen molar-refractivity contribution in [3.8, 4) is 0 Å². The van der Waals surface area contributed by atoms with Crippen molar-refractivity contribution < 1.29 is 19.8 Å². The minimum Gasteiger partial charge on any atom is -0.478 e. The zero-order valence-corrected chi connectivity index (χ0v) is 11.5. The van der Waals surface area contributed by atoms with Crippen LogP contribution in [0, 0.1) is 0 Å². The Hall–Kier alpha value is -3.28. The Balaban J connectivity index is 2.49. The molecule has 6 nitrogen and oxygen atoms in total. The first-order valence-corrected chi connectivity index (χ1v) is 6.26. The van der Waals surface area contributed by atoms with Crippen LogP contribution in [-0.2, 0) is 0 Å². The Labute approximate surface area is 126 Å². The summed E-state index contributed by atoms with van der Waals surface area (Å²) in [6.45, 7) is 3.89. The molecule has 0 spiro atoms. The third kappa shape index (κ3) is 2.76. The summed E-state index contributed by atoms with van der Waals surface area (Å²) in [5.74, 6) is -2.29. The van der Waals surface area contributed by atoms with Gasteiger partial charge < -0.3 is 21.7 Å². The largest absolute Gasteiger partial charge is 0.478 e. The van der Waals surface area contributed by atoms with Crippen molar-refractivity contribution in [3.63, 3.8) is 0 Å². The number of anilines is 2. The molecule has 0 radical (unpaired) electrons. The van der Waals surface area contributed by atoms with Crippen LogP contribution in [0.2, 0.25) is 0 Å². The lowest BCUT2D eigenvalue weighted by Gasteiger charge is -2.10. The highest BCUT2D eigenvalue weighted by Crippen LogP contribution is 2.27. The van der Waals surface area contributed by atoms with Crippen molar-refractivity contribution in [1.82, 2.24) is 0 Å². The molecule has 0 bridgehead atoms. The minimum absolute atomic E-state index is 0.0347. The number of benzene rings is 2. The highest BCUT2D eigenvalue weighted by molar-refractivity contribution is 5.97. The van der Waals surface area contributed by atoms with Gasteiger partial charge in [-0.3, -0.25) is 0 Å². The Morgan fingerprint density at radius 3 is 1.50 bits per heavy atom. The van der Waals surface area contributed by atoms with Gasteiger partial charge in [0.15, 0.2) is 0 Å². The molecule has 0 aliphatic carbocycles. The van der Waals surface area contributed by atoms with E-state index in [9.17, 15) is 9.59 Å². The number of hydrogen-bond acceptors (Lipinski definition) is 4. The van der Waals surface area contributed by atoms with Gasteiger partial charge in [0.05, 0.1) is 11.1 Å². The van der Waals surface area contributed by atoms with Crippen molar-refractivity contribution in [1.29, 1.82) is 0 Å². The molecule has 112 valence electrons. The molecule has 0 unspecified atom stereocenters. The zero-order chi connectivity index (χ0) is 16.4. The molecule has 0 amide bonds. The zero-order valence-electron chi connectivity index (χ0n) is 11.5. The van der Waals surface area contributed by atoms with Crippen LogP contribution in [0.5, 0.6) is 0 Å². The second kappa shape index (κ2) is 5.61.